The van der Waals surface area contributed by atoms with Gasteiger partial charge in [-0.3, -0.25) is 19.8 Å². The molecule has 0 spiro atoms. The van der Waals surface area contributed by atoms with Crippen LogP contribution in [0.1, 0.15) is 15.9 Å². The van der Waals surface area contributed by atoms with E-state index < -0.39 is 4.92 Å². The number of aromatic nitrogens is 1. The van der Waals surface area contributed by atoms with Crippen molar-refractivity contribution in [1.82, 2.24) is 14.8 Å². The number of ether oxygens (including phenoxy) is 2. The van der Waals surface area contributed by atoms with Gasteiger partial charge in [0, 0.05) is 67.5 Å². The van der Waals surface area contributed by atoms with Crippen LogP contribution >= 0.6 is 0 Å². The molecule has 4 rings (SSSR count). The molecule has 1 fully saturated rings. The lowest BCUT2D eigenvalue weighted by atomic mass is 10.1. The van der Waals surface area contributed by atoms with E-state index in [4.69, 9.17) is 9.47 Å². The summed E-state index contributed by atoms with van der Waals surface area (Å²) in [6.07, 6.45) is 1.63. The highest BCUT2D eigenvalue weighted by Crippen LogP contribution is 2.27. The number of amides is 1. The number of nitro benzene ring substituents is 1. The van der Waals surface area contributed by atoms with Crippen molar-refractivity contribution < 1.29 is 19.2 Å². The predicted molar refractivity (Wildman–Crippen MR) is 116 cm³/mol. The third kappa shape index (κ3) is 4.17. The van der Waals surface area contributed by atoms with Gasteiger partial charge in [-0.15, -0.1) is 0 Å². The van der Waals surface area contributed by atoms with E-state index in [0.717, 1.165) is 17.1 Å². The van der Waals surface area contributed by atoms with Gasteiger partial charge < -0.3 is 19.4 Å². The van der Waals surface area contributed by atoms with Crippen molar-refractivity contribution in [3.8, 4) is 11.5 Å². The van der Waals surface area contributed by atoms with Gasteiger partial charge in [-0.2, -0.15) is 0 Å². The highest BCUT2D eigenvalue weighted by Gasteiger charge is 2.25. The lowest BCUT2D eigenvalue weighted by Gasteiger charge is -2.35. The number of carbonyl (C=O) groups is 1. The summed E-state index contributed by atoms with van der Waals surface area (Å²) in [4.78, 5) is 30.8. The first-order valence-electron chi connectivity index (χ1n) is 9.98. The Bertz CT molecular complexity index is 1120. The van der Waals surface area contributed by atoms with Gasteiger partial charge in [-0.1, -0.05) is 0 Å². The molecule has 0 radical (unpaired) electrons. The van der Waals surface area contributed by atoms with Crippen molar-refractivity contribution in [3.05, 3.63) is 63.8 Å². The van der Waals surface area contributed by atoms with Gasteiger partial charge in [0.2, 0.25) is 0 Å². The summed E-state index contributed by atoms with van der Waals surface area (Å²) >= 11 is 0. The molecule has 1 aromatic heterocycles. The summed E-state index contributed by atoms with van der Waals surface area (Å²) in [6, 6.07) is 10.2. The van der Waals surface area contributed by atoms with Crippen LogP contribution in [0.2, 0.25) is 0 Å². The number of nitrogens with one attached hydrogen (secondary N) is 1. The number of non-ortho nitro benzene ring substituents is 1. The van der Waals surface area contributed by atoms with Gasteiger partial charge in [-0.25, -0.2) is 0 Å². The molecule has 1 aliphatic heterocycles. The van der Waals surface area contributed by atoms with Crippen molar-refractivity contribution >= 4 is 22.5 Å². The molecular formula is C22H24N4O5. The lowest BCUT2D eigenvalue weighted by Crippen LogP contribution is -2.48. The van der Waals surface area contributed by atoms with E-state index in [-0.39, 0.29) is 11.6 Å². The molecule has 0 saturated carbocycles. The van der Waals surface area contributed by atoms with Crippen LogP contribution in [0.4, 0.5) is 5.69 Å². The van der Waals surface area contributed by atoms with Crippen LogP contribution in [0.25, 0.3) is 10.9 Å². The van der Waals surface area contributed by atoms with E-state index in [1.807, 2.05) is 18.2 Å². The molecule has 1 N–H and O–H groups in total. The number of nitrogens with zero attached hydrogens (tertiary/aromatic N) is 3. The van der Waals surface area contributed by atoms with E-state index in [0.29, 0.717) is 49.2 Å². The number of aromatic amines is 1. The van der Waals surface area contributed by atoms with E-state index in [1.54, 1.807) is 31.4 Å². The first kappa shape index (κ1) is 20.7. The summed E-state index contributed by atoms with van der Waals surface area (Å²) < 4.78 is 10.8. The highest BCUT2D eigenvalue weighted by atomic mass is 16.6. The van der Waals surface area contributed by atoms with E-state index in [9.17, 15) is 14.9 Å². The normalized spacial score (nSPS) is 14.6. The number of hydrogen-bond donors (Lipinski definition) is 1. The van der Waals surface area contributed by atoms with Crippen molar-refractivity contribution in [2.45, 2.75) is 6.54 Å². The van der Waals surface area contributed by atoms with Crippen molar-refractivity contribution in [2.75, 3.05) is 40.4 Å². The maximum Gasteiger partial charge on any atom is 0.270 e. The standard InChI is InChI=1S/C22H24N4O5/c1-30-17-4-6-21(31-2)15(11-17)14-24-7-9-25(10-8-24)22(27)19-13-23-20-5-3-16(26(28)29)12-18(19)20/h3-6,11-13,23H,7-10,14H2,1-2H3. The fourth-order valence-electron chi connectivity index (χ4n) is 3.92. The average molecular weight is 424 g/mol. The second-order valence-electron chi connectivity index (χ2n) is 7.44. The second-order valence-corrected chi connectivity index (χ2v) is 7.44. The molecule has 162 valence electrons. The van der Waals surface area contributed by atoms with Crippen LogP contribution in [-0.2, 0) is 6.54 Å². The predicted octanol–water partition coefficient (Wildman–Crippen LogP) is 3.05. The quantitative estimate of drug-likeness (QED) is 0.482. The largest absolute Gasteiger partial charge is 0.497 e. The Balaban J connectivity index is 1.45. The molecule has 3 aromatic rings. The number of hydrogen-bond acceptors (Lipinski definition) is 6. The van der Waals surface area contributed by atoms with Crippen LogP contribution in [0.5, 0.6) is 11.5 Å². The zero-order valence-corrected chi connectivity index (χ0v) is 17.5. The first-order valence-corrected chi connectivity index (χ1v) is 9.98. The van der Waals surface area contributed by atoms with Gasteiger partial charge in [0.25, 0.3) is 11.6 Å². The summed E-state index contributed by atoms with van der Waals surface area (Å²) in [5.74, 6) is 1.46. The summed E-state index contributed by atoms with van der Waals surface area (Å²) in [7, 11) is 3.28. The molecule has 2 aromatic carbocycles. The molecule has 9 heteroatoms. The minimum absolute atomic E-state index is 0.0294. The molecular weight excluding hydrogens is 400 g/mol. The zero-order valence-electron chi connectivity index (χ0n) is 17.5. The Morgan fingerprint density at radius 2 is 1.87 bits per heavy atom. The zero-order chi connectivity index (χ0) is 22.0. The van der Waals surface area contributed by atoms with Gasteiger partial charge in [0.1, 0.15) is 11.5 Å². The molecule has 0 aliphatic carbocycles. The molecule has 9 nitrogen and oxygen atoms in total. The van der Waals surface area contributed by atoms with Gasteiger partial charge in [0.05, 0.1) is 24.7 Å². The number of nitro groups is 1. The number of H-pyrrole nitrogens is 1. The van der Waals surface area contributed by atoms with Crippen molar-refractivity contribution in [3.63, 3.8) is 0 Å². The monoisotopic (exact) mass is 424 g/mol. The number of fused-ring (bicyclic) bond motifs is 1. The topological polar surface area (TPSA) is 101 Å². The molecule has 31 heavy (non-hydrogen) atoms. The van der Waals surface area contributed by atoms with Gasteiger partial charge in [-0.05, 0) is 24.3 Å². The Morgan fingerprint density at radius 1 is 1.10 bits per heavy atom. The highest BCUT2D eigenvalue weighted by molar-refractivity contribution is 6.07. The first-order chi connectivity index (χ1) is 15.0. The number of carbonyl (C=O) groups excluding carboxylic acids is 1. The van der Waals surface area contributed by atoms with Crippen molar-refractivity contribution in [2.24, 2.45) is 0 Å². The SMILES string of the molecule is COc1ccc(OC)c(CN2CCN(C(=O)c3c[nH]c4ccc([N+](=O)[O-])cc34)CC2)c1. The number of piperazine rings is 1. The Morgan fingerprint density at radius 3 is 2.55 bits per heavy atom. The van der Waals surface area contributed by atoms with Crippen LogP contribution in [0, 0.1) is 10.1 Å². The maximum atomic E-state index is 13.1. The summed E-state index contributed by atoms with van der Waals surface area (Å²) in [6.45, 7) is 3.28. The third-order valence-electron chi connectivity index (χ3n) is 5.65. The lowest BCUT2D eigenvalue weighted by molar-refractivity contribution is -0.384. The van der Waals surface area contributed by atoms with E-state index in [2.05, 4.69) is 9.88 Å². The maximum absolute atomic E-state index is 13.1. The van der Waals surface area contributed by atoms with Crippen molar-refractivity contribution in [1.29, 1.82) is 0 Å². The molecule has 1 amide bonds. The van der Waals surface area contributed by atoms with Crippen LogP contribution in [0.15, 0.2) is 42.6 Å². The Kier molecular flexibility index (Phi) is 5.77. The van der Waals surface area contributed by atoms with E-state index in [1.165, 1.54) is 12.1 Å². The van der Waals surface area contributed by atoms with Gasteiger partial charge >= 0.3 is 0 Å². The van der Waals surface area contributed by atoms with Crippen LogP contribution in [-0.4, -0.2) is 66.0 Å². The average Bonchev–Trinajstić information content (AvgIpc) is 3.22. The summed E-state index contributed by atoms with van der Waals surface area (Å²) in [5.41, 5.74) is 2.17. The number of benzene rings is 2. The number of rotatable bonds is 6. The summed E-state index contributed by atoms with van der Waals surface area (Å²) in [5, 5.41) is 11.7. The fourth-order valence-corrected chi connectivity index (χ4v) is 3.92. The van der Waals surface area contributed by atoms with Crippen LogP contribution < -0.4 is 9.47 Å². The minimum atomic E-state index is -0.452. The van der Waals surface area contributed by atoms with Crippen LogP contribution in [0.3, 0.4) is 0 Å². The molecule has 0 bridgehead atoms. The molecule has 1 saturated heterocycles. The Hall–Kier alpha value is -3.59. The third-order valence-corrected chi connectivity index (χ3v) is 5.65. The van der Waals surface area contributed by atoms with Gasteiger partial charge in [0.15, 0.2) is 0 Å². The molecule has 0 atom stereocenters. The second kappa shape index (κ2) is 8.65. The van der Waals surface area contributed by atoms with E-state index >= 15 is 0 Å². The molecule has 1 aliphatic rings. The minimum Gasteiger partial charge on any atom is -0.497 e. The molecule has 2 heterocycles. The molecule has 0 unspecified atom stereocenters. The number of methoxy groups -OCH3 is 2. The fraction of sp³-hybridized carbons (Fsp3) is 0.318. The Labute approximate surface area is 179 Å². The smallest absolute Gasteiger partial charge is 0.270 e.